The molecule has 26 heavy (non-hydrogen) atoms. The van der Waals surface area contributed by atoms with E-state index in [1.54, 1.807) is 19.1 Å². The van der Waals surface area contributed by atoms with E-state index in [1.807, 2.05) is 24.3 Å². The minimum absolute atomic E-state index is 0.201. The van der Waals surface area contributed by atoms with Crippen LogP contribution < -0.4 is 5.32 Å². The Kier molecular flexibility index (Phi) is 5.05. The molecule has 1 N–H and O–H groups in total. The number of aryl methyl sites for hydroxylation is 1. The molecule has 9 heteroatoms. The van der Waals surface area contributed by atoms with Crippen LogP contribution in [0.4, 0.5) is 5.82 Å². The topological polar surface area (TPSA) is 110 Å². The van der Waals surface area contributed by atoms with E-state index in [2.05, 4.69) is 15.4 Å². The summed E-state index contributed by atoms with van der Waals surface area (Å²) in [6.45, 7) is 1.20. The molecule has 1 aromatic carbocycles. The van der Waals surface area contributed by atoms with Crippen molar-refractivity contribution in [1.29, 1.82) is 5.26 Å². The van der Waals surface area contributed by atoms with Crippen LogP contribution in [-0.2, 0) is 9.53 Å². The Morgan fingerprint density at radius 2 is 2.12 bits per heavy atom. The number of nitrogens with one attached hydrogen (secondary N) is 1. The predicted molar refractivity (Wildman–Crippen MR) is 94.0 cm³/mol. The molecule has 0 saturated carbocycles. The molecule has 3 rings (SSSR count). The van der Waals surface area contributed by atoms with Gasteiger partial charge in [0.1, 0.15) is 16.5 Å². The van der Waals surface area contributed by atoms with Gasteiger partial charge in [-0.15, -0.1) is 11.3 Å². The smallest absolute Gasteiger partial charge is 0.350 e. The summed E-state index contributed by atoms with van der Waals surface area (Å²) in [6, 6.07) is 11.0. The number of carbonyl (C=O) groups is 2. The predicted octanol–water partition coefficient (Wildman–Crippen LogP) is 2.30. The molecule has 0 aliphatic carbocycles. The number of benzene rings is 1. The average Bonchev–Trinajstić information content (AvgIpc) is 3.26. The highest BCUT2D eigenvalue weighted by molar-refractivity contribution is 7.11. The number of anilines is 1. The lowest BCUT2D eigenvalue weighted by Crippen LogP contribution is -2.22. The number of hydrogen-bond acceptors (Lipinski definition) is 7. The molecule has 0 saturated heterocycles. The second-order valence-corrected chi connectivity index (χ2v) is 6.01. The van der Waals surface area contributed by atoms with E-state index in [0.29, 0.717) is 16.3 Å². The molecule has 0 spiro atoms. The van der Waals surface area contributed by atoms with Crippen LogP contribution in [0.2, 0.25) is 0 Å². The monoisotopic (exact) mass is 367 g/mol. The SMILES string of the molecule is Cc1ncsc1C(=O)OCC(=O)Nc1c(C#N)cnn1-c1ccccc1. The van der Waals surface area contributed by atoms with Gasteiger partial charge in [-0.05, 0) is 19.1 Å². The van der Waals surface area contributed by atoms with Crippen molar-refractivity contribution >= 4 is 29.0 Å². The molecule has 3 aromatic rings. The molecule has 130 valence electrons. The van der Waals surface area contributed by atoms with Crippen molar-refractivity contribution in [1.82, 2.24) is 14.8 Å². The Hall–Kier alpha value is -3.51. The van der Waals surface area contributed by atoms with Gasteiger partial charge in [-0.3, -0.25) is 4.79 Å². The first-order valence-electron chi connectivity index (χ1n) is 7.50. The van der Waals surface area contributed by atoms with Crippen LogP contribution in [0.5, 0.6) is 0 Å². The number of para-hydroxylation sites is 1. The first-order chi connectivity index (χ1) is 12.6. The number of nitriles is 1. The van der Waals surface area contributed by atoms with E-state index in [9.17, 15) is 14.9 Å². The normalized spacial score (nSPS) is 10.2. The summed E-state index contributed by atoms with van der Waals surface area (Å²) in [6.07, 6.45) is 1.36. The van der Waals surface area contributed by atoms with Gasteiger partial charge in [0.15, 0.2) is 12.4 Å². The van der Waals surface area contributed by atoms with E-state index in [4.69, 9.17) is 4.74 Å². The molecule has 2 aromatic heterocycles. The molecule has 1 amide bonds. The number of ether oxygens (including phenoxy) is 1. The highest BCUT2D eigenvalue weighted by atomic mass is 32.1. The standard InChI is InChI=1S/C17H13N5O3S/c1-11-15(26-10-19-11)17(24)25-9-14(23)21-16-12(7-18)8-20-22(16)13-5-3-2-4-6-13/h2-6,8,10H,9H2,1H3,(H,21,23). The second-order valence-electron chi connectivity index (χ2n) is 5.16. The number of amides is 1. The Labute approximate surface area is 152 Å². The van der Waals surface area contributed by atoms with Crippen molar-refractivity contribution in [2.75, 3.05) is 11.9 Å². The Bertz CT molecular complexity index is 987. The van der Waals surface area contributed by atoms with Crippen LogP contribution >= 0.6 is 11.3 Å². The van der Waals surface area contributed by atoms with Crippen LogP contribution in [0.15, 0.2) is 42.0 Å². The summed E-state index contributed by atoms with van der Waals surface area (Å²) in [5, 5.41) is 15.9. The van der Waals surface area contributed by atoms with Crippen LogP contribution in [-0.4, -0.2) is 33.2 Å². The number of hydrogen-bond donors (Lipinski definition) is 1. The number of aromatic nitrogens is 3. The fourth-order valence-electron chi connectivity index (χ4n) is 2.18. The second kappa shape index (κ2) is 7.58. The molecule has 0 aliphatic rings. The third-order valence-corrected chi connectivity index (χ3v) is 4.32. The summed E-state index contributed by atoms with van der Waals surface area (Å²) >= 11 is 1.15. The van der Waals surface area contributed by atoms with Crippen LogP contribution in [0, 0.1) is 18.3 Å². The molecule has 0 fully saturated rings. The molecule has 8 nitrogen and oxygen atoms in total. The van der Waals surface area contributed by atoms with Crippen LogP contribution in [0.25, 0.3) is 5.69 Å². The molecule has 0 atom stereocenters. The molecule has 0 bridgehead atoms. The van der Waals surface area contributed by atoms with Gasteiger partial charge < -0.3 is 10.1 Å². The molecule has 0 radical (unpaired) electrons. The summed E-state index contributed by atoms with van der Waals surface area (Å²) < 4.78 is 6.44. The zero-order valence-corrected chi connectivity index (χ0v) is 14.5. The van der Waals surface area contributed by atoms with Crippen molar-refractivity contribution in [3.63, 3.8) is 0 Å². The molecular weight excluding hydrogens is 354 g/mol. The Morgan fingerprint density at radius 3 is 2.77 bits per heavy atom. The quantitative estimate of drug-likeness (QED) is 0.693. The van der Waals surface area contributed by atoms with Crippen molar-refractivity contribution in [3.8, 4) is 11.8 Å². The fraction of sp³-hybridized carbons (Fsp3) is 0.118. The van der Waals surface area contributed by atoms with E-state index in [-0.39, 0.29) is 11.4 Å². The number of thiazole rings is 1. The number of esters is 1. The fourth-order valence-corrected chi connectivity index (χ4v) is 2.87. The van der Waals surface area contributed by atoms with E-state index >= 15 is 0 Å². The lowest BCUT2D eigenvalue weighted by atomic mass is 10.3. The van der Waals surface area contributed by atoms with Gasteiger partial charge in [0.05, 0.1) is 23.1 Å². The van der Waals surface area contributed by atoms with Crippen molar-refractivity contribution in [2.45, 2.75) is 6.92 Å². The number of rotatable bonds is 5. The highest BCUT2D eigenvalue weighted by Crippen LogP contribution is 2.19. The zero-order valence-electron chi connectivity index (χ0n) is 13.7. The lowest BCUT2D eigenvalue weighted by molar-refractivity contribution is -0.119. The van der Waals surface area contributed by atoms with E-state index < -0.39 is 18.5 Å². The van der Waals surface area contributed by atoms with Crippen molar-refractivity contribution in [2.24, 2.45) is 0 Å². The Morgan fingerprint density at radius 1 is 1.35 bits per heavy atom. The average molecular weight is 367 g/mol. The van der Waals surface area contributed by atoms with Gasteiger partial charge in [-0.1, -0.05) is 18.2 Å². The largest absolute Gasteiger partial charge is 0.451 e. The summed E-state index contributed by atoms with van der Waals surface area (Å²) in [4.78, 5) is 28.4. The first-order valence-corrected chi connectivity index (χ1v) is 8.38. The van der Waals surface area contributed by atoms with Crippen LogP contribution in [0.3, 0.4) is 0 Å². The zero-order chi connectivity index (χ0) is 18.5. The summed E-state index contributed by atoms with van der Waals surface area (Å²) in [5.74, 6) is -0.972. The maximum Gasteiger partial charge on any atom is 0.350 e. The minimum Gasteiger partial charge on any atom is -0.451 e. The van der Waals surface area contributed by atoms with Crippen molar-refractivity contribution in [3.05, 3.63) is 58.2 Å². The maximum atomic E-state index is 12.2. The maximum absolute atomic E-state index is 12.2. The molecular formula is C17H13N5O3S. The van der Waals surface area contributed by atoms with Gasteiger partial charge in [-0.2, -0.15) is 10.4 Å². The van der Waals surface area contributed by atoms with Gasteiger partial charge in [0, 0.05) is 0 Å². The lowest BCUT2D eigenvalue weighted by Gasteiger charge is -2.09. The minimum atomic E-state index is -0.614. The van der Waals surface area contributed by atoms with Crippen LogP contribution in [0.1, 0.15) is 20.9 Å². The van der Waals surface area contributed by atoms with Crippen molar-refractivity contribution < 1.29 is 14.3 Å². The summed E-state index contributed by atoms with van der Waals surface area (Å²) in [5.41, 5.74) is 2.96. The van der Waals surface area contributed by atoms with E-state index in [1.165, 1.54) is 16.4 Å². The highest BCUT2D eigenvalue weighted by Gasteiger charge is 2.18. The molecule has 0 aliphatic heterocycles. The van der Waals surface area contributed by atoms with E-state index in [0.717, 1.165) is 11.3 Å². The molecule has 2 heterocycles. The third-order valence-electron chi connectivity index (χ3n) is 3.41. The van der Waals surface area contributed by atoms with Gasteiger partial charge in [0.2, 0.25) is 0 Å². The van der Waals surface area contributed by atoms with Gasteiger partial charge >= 0.3 is 5.97 Å². The first kappa shape index (κ1) is 17.3. The summed E-state index contributed by atoms with van der Waals surface area (Å²) in [7, 11) is 0. The Balaban J connectivity index is 1.72. The molecule has 0 unspecified atom stereocenters. The van der Waals surface area contributed by atoms with Gasteiger partial charge in [-0.25, -0.2) is 14.5 Å². The van der Waals surface area contributed by atoms with Gasteiger partial charge in [0.25, 0.3) is 5.91 Å². The third kappa shape index (κ3) is 3.60. The number of nitrogens with zero attached hydrogens (tertiary/aromatic N) is 4. The number of carbonyl (C=O) groups excluding carboxylic acids is 2.